The summed E-state index contributed by atoms with van der Waals surface area (Å²) >= 11 is 0. The normalized spacial score (nSPS) is 28.4. The van der Waals surface area contributed by atoms with Gasteiger partial charge in [0.2, 0.25) is 0 Å². The Labute approximate surface area is 184 Å². The summed E-state index contributed by atoms with van der Waals surface area (Å²) in [6.45, 7) is 7.25. The molecule has 0 spiro atoms. The number of piperidine rings is 3. The molecule has 3 saturated heterocycles. The summed E-state index contributed by atoms with van der Waals surface area (Å²) in [4.78, 5) is 4.52. The van der Waals surface area contributed by atoms with Gasteiger partial charge < -0.3 is 14.3 Å². The number of aromatic nitrogens is 1. The lowest BCUT2D eigenvalue weighted by atomic mass is 9.71. The zero-order valence-corrected chi connectivity index (χ0v) is 18.2. The van der Waals surface area contributed by atoms with E-state index in [9.17, 15) is 5.11 Å². The van der Waals surface area contributed by atoms with E-state index in [0.29, 0.717) is 11.8 Å². The second-order valence-corrected chi connectivity index (χ2v) is 9.25. The molecule has 0 aliphatic carbocycles. The second kappa shape index (κ2) is 8.10. The molecule has 6 rings (SSSR count). The molecule has 4 heteroatoms. The fraction of sp³-hybridized carbons (Fsp3) is 0.370. The Hall–Kier alpha value is -2.69. The maximum Gasteiger partial charge on any atom is 0.131 e. The molecule has 0 radical (unpaired) electrons. The summed E-state index contributed by atoms with van der Waals surface area (Å²) in [6, 6.07) is 18.8. The van der Waals surface area contributed by atoms with Crippen molar-refractivity contribution in [2.75, 3.05) is 20.2 Å². The molecule has 2 bridgehead atoms. The Morgan fingerprint density at radius 1 is 1.23 bits per heavy atom. The molecule has 5 atom stereocenters. The molecule has 4 unspecified atom stereocenters. The predicted octanol–water partition coefficient (Wildman–Crippen LogP) is 4.89. The molecule has 3 aliphatic heterocycles. The van der Waals surface area contributed by atoms with Gasteiger partial charge in [0.15, 0.2) is 0 Å². The highest BCUT2D eigenvalue weighted by molar-refractivity contribution is 5.83. The summed E-state index contributed by atoms with van der Waals surface area (Å²) in [5.41, 5.74) is 3.19. The van der Waals surface area contributed by atoms with Crippen LogP contribution in [0.5, 0.6) is 5.75 Å². The first-order chi connectivity index (χ1) is 15.1. The van der Waals surface area contributed by atoms with E-state index in [1.165, 1.54) is 12.0 Å². The lowest BCUT2D eigenvalue weighted by molar-refractivity contribution is -0.984. The van der Waals surface area contributed by atoms with Gasteiger partial charge in [-0.05, 0) is 35.7 Å². The predicted molar refractivity (Wildman–Crippen MR) is 124 cm³/mol. The van der Waals surface area contributed by atoms with Crippen molar-refractivity contribution in [3.8, 4) is 5.75 Å². The van der Waals surface area contributed by atoms with Gasteiger partial charge >= 0.3 is 0 Å². The number of quaternary nitrogens is 1. The topological polar surface area (TPSA) is 42.4 Å². The third-order valence-corrected chi connectivity index (χ3v) is 7.68. The van der Waals surface area contributed by atoms with E-state index in [1.54, 1.807) is 7.11 Å². The number of hydrogen-bond acceptors (Lipinski definition) is 3. The van der Waals surface area contributed by atoms with Crippen LogP contribution in [0.25, 0.3) is 10.9 Å². The smallest absolute Gasteiger partial charge is 0.131 e. The van der Waals surface area contributed by atoms with E-state index in [4.69, 9.17) is 4.74 Å². The van der Waals surface area contributed by atoms with Gasteiger partial charge in [0.25, 0.3) is 0 Å². The summed E-state index contributed by atoms with van der Waals surface area (Å²) in [7, 11) is 1.68. The summed E-state index contributed by atoms with van der Waals surface area (Å²) < 4.78 is 6.38. The second-order valence-electron chi connectivity index (χ2n) is 9.25. The molecule has 31 heavy (non-hydrogen) atoms. The monoisotopic (exact) mass is 415 g/mol. The van der Waals surface area contributed by atoms with E-state index < -0.39 is 6.10 Å². The van der Waals surface area contributed by atoms with Gasteiger partial charge in [-0.15, -0.1) is 6.58 Å². The summed E-state index contributed by atoms with van der Waals surface area (Å²) in [5, 5.41) is 12.8. The lowest BCUT2D eigenvalue weighted by Gasteiger charge is -2.58. The largest absolute Gasteiger partial charge is 0.497 e. The molecule has 3 fully saturated rings. The molecular weight excluding hydrogens is 384 g/mol. The Kier molecular flexibility index (Phi) is 5.28. The number of pyridine rings is 1. The zero-order valence-electron chi connectivity index (χ0n) is 18.2. The highest BCUT2D eigenvalue weighted by Gasteiger charge is 2.53. The molecule has 0 amide bonds. The minimum absolute atomic E-state index is 0.159. The molecule has 3 aliphatic rings. The number of aliphatic hydroxyl groups excluding tert-OH is 1. The fourth-order valence-electron chi connectivity index (χ4n) is 6.07. The molecule has 4 heterocycles. The Morgan fingerprint density at radius 3 is 2.84 bits per heavy atom. The van der Waals surface area contributed by atoms with Gasteiger partial charge in [0.05, 0.1) is 25.7 Å². The van der Waals surface area contributed by atoms with Crippen molar-refractivity contribution in [2.24, 2.45) is 11.8 Å². The average Bonchev–Trinajstić information content (AvgIpc) is 2.83. The van der Waals surface area contributed by atoms with Gasteiger partial charge in [-0.3, -0.25) is 4.98 Å². The molecule has 160 valence electrons. The standard InChI is InChI=1S/C27H31N2O2/c1-3-20-18-29(17-19-7-5-4-6-8-19)14-12-21(20)15-26(29)27(30)23-11-13-28-25-10-9-22(31-2)16-24(23)25/h3-11,13,16,20-21,26-27,30H,1,12,14-15,17-18H2,2H3/q+1/t20?,21?,26?,27-,29?/m0/s1. The van der Waals surface area contributed by atoms with Crippen LogP contribution in [0.3, 0.4) is 0 Å². The molecule has 3 aromatic rings. The zero-order chi connectivity index (χ0) is 21.4. The number of aliphatic hydroxyl groups is 1. The van der Waals surface area contributed by atoms with Crippen molar-refractivity contribution in [1.82, 2.24) is 4.98 Å². The minimum atomic E-state index is -0.546. The third kappa shape index (κ3) is 3.54. The SMILES string of the molecule is C=CC1C[N+]2(Cc3ccccc3)CCC1CC2[C@@H](O)c1ccnc2ccc(OC)cc12. The Balaban J connectivity index is 1.56. The van der Waals surface area contributed by atoms with Crippen molar-refractivity contribution in [3.05, 3.63) is 84.6 Å². The highest BCUT2D eigenvalue weighted by atomic mass is 16.5. The number of hydrogen-bond donors (Lipinski definition) is 1. The van der Waals surface area contributed by atoms with Crippen LogP contribution in [0.1, 0.15) is 30.1 Å². The van der Waals surface area contributed by atoms with Crippen LogP contribution >= 0.6 is 0 Å². The third-order valence-electron chi connectivity index (χ3n) is 7.68. The van der Waals surface area contributed by atoms with Crippen LogP contribution in [-0.2, 0) is 6.54 Å². The van der Waals surface area contributed by atoms with Crippen molar-refractivity contribution < 1.29 is 14.3 Å². The molecule has 4 nitrogen and oxygen atoms in total. The molecular formula is C27H31N2O2+. The van der Waals surface area contributed by atoms with E-state index in [0.717, 1.165) is 52.8 Å². The summed E-state index contributed by atoms with van der Waals surface area (Å²) in [5.74, 6) is 1.92. The number of nitrogens with zero attached hydrogens (tertiary/aromatic N) is 2. The van der Waals surface area contributed by atoms with Gasteiger partial charge in [0.1, 0.15) is 24.4 Å². The van der Waals surface area contributed by atoms with Crippen LogP contribution < -0.4 is 4.74 Å². The maximum atomic E-state index is 11.8. The van der Waals surface area contributed by atoms with E-state index in [2.05, 4.69) is 48.0 Å². The number of fused-ring (bicyclic) bond motifs is 4. The van der Waals surface area contributed by atoms with Crippen molar-refractivity contribution in [3.63, 3.8) is 0 Å². The first-order valence-electron chi connectivity index (χ1n) is 11.3. The van der Waals surface area contributed by atoms with Gasteiger partial charge in [-0.25, -0.2) is 0 Å². The maximum absolute atomic E-state index is 11.8. The molecule has 1 aromatic heterocycles. The number of rotatable bonds is 6. The van der Waals surface area contributed by atoms with Crippen LogP contribution in [0, 0.1) is 11.8 Å². The first kappa shape index (κ1) is 20.2. The van der Waals surface area contributed by atoms with Crippen LogP contribution in [0.2, 0.25) is 0 Å². The average molecular weight is 416 g/mol. The van der Waals surface area contributed by atoms with Crippen molar-refractivity contribution >= 4 is 10.9 Å². The number of ether oxygens (including phenoxy) is 1. The molecule has 2 aromatic carbocycles. The molecule has 0 saturated carbocycles. The van der Waals surface area contributed by atoms with Crippen molar-refractivity contribution in [1.29, 1.82) is 0 Å². The minimum Gasteiger partial charge on any atom is -0.497 e. The first-order valence-corrected chi connectivity index (χ1v) is 11.3. The van der Waals surface area contributed by atoms with Crippen LogP contribution in [-0.4, -0.2) is 40.8 Å². The summed E-state index contributed by atoms with van der Waals surface area (Å²) in [6.07, 6.45) is 5.65. The molecule has 1 N–H and O–H groups in total. The quantitative estimate of drug-likeness (QED) is 0.460. The highest BCUT2D eigenvalue weighted by Crippen LogP contribution is 2.48. The Morgan fingerprint density at radius 2 is 2.06 bits per heavy atom. The lowest BCUT2D eigenvalue weighted by Crippen LogP contribution is -2.67. The fourth-order valence-corrected chi connectivity index (χ4v) is 6.07. The van der Waals surface area contributed by atoms with Gasteiger partial charge in [0, 0.05) is 35.9 Å². The van der Waals surface area contributed by atoms with E-state index >= 15 is 0 Å². The van der Waals surface area contributed by atoms with Crippen LogP contribution in [0.15, 0.2) is 73.4 Å². The van der Waals surface area contributed by atoms with Gasteiger partial charge in [-0.1, -0.05) is 36.4 Å². The number of methoxy groups -OCH3 is 1. The number of benzene rings is 2. The van der Waals surface area contributed by atoms with E-state index in [-0.39, 0.29) is 6.04 Å². The Bertz CT molecular complexity index is 1080. The van der Waals surface area contributed by atoms with Crippen molar-refractivity contribution in [2.45, 2.75) is 31.5 Å². The van der Waals surface area contributed by atoms with Gasteiger partial charge in [-0.2, -0.15) is 0 Å². The van der Waals surface area contributed by atoms with Crippen LogP contribution in [0.4, 0.5) is 0 Å². The van der Waals surface area contributed by atoms with E-state index in [1.807, 2.05) is 30.5 Å².